The van der Waals surface area contributed by atoms with Gasteiger partial charge in [-0.3, -0.25) is 4.98 Å². The highest BCUT2D eigenvalue weighted by Crippen LogP contribution is 2.48. The quantitative estimate of drug-likeness (QED) is 0.539. The lowest BCUT2D eigenvalue weighted by molar-refractivity contribution is 0.154. The fourth-order valence-corrected chi connectivity index (χ4v) is 3.16. The zero-order chi connectivity index (χ0) is 20.2. The highest BCUT2D eigenvalue weighted by molar-refractivity contribution is 5.95. The maximum Gasteiger partial charge on any atom is 0.204 e. The molecule has 0 unspecified atom stereocenters. The summed E-state index contributed by atoms with van der Waals surface area (Å²) >= 11 is 0. The number of hydrogen-bond acceptors (Lipinski definition) is 6. The number of methoxy groups -OCH3 is 1. The number of pyridine rings is 1. The monoisotopic (exact) mass is 399 g/mol. The zero-order valence-corrected chi connectivity index (χ0v) is 16.4. The second-order valence-electron chi connectivity index (χ2n) is 6.66. The molecule has 3 aromatic rings. The molecule has 2 aromatic carbocycles. The summed E-state index contributed by atoms with van der Waals surface area (Å²) in [4.78, 5) is 4.42. The Morgan fingerprint density at radius 1 is 1.00 bits per heavy atom. The fraction of sp³-hybridized carbons (Fsp3) is 0.318. The summed E-state index contributed by atoms with van der Waals surface area (Å²) in [6, 6.07) is 8.30. The van der Waals surface area contributed by atoms with Crippen LogP contribution in [-0.2, 0) is 4.74 Å². The van der Waals surface area contributed by atoms with Crippen molar-refractivity contribution in [1.82, 2.24) is 4.98 Å². The highest BCUT2D eigenvalue weighted by Gasteiger charge is 2.24. The van der Waals surface area contributed by atoms with E-state index < -0.39 is 5.82 Å². The first-order chi connectivity index (χ1) is 14.2. The van der Waals surface area contributed by atoms with Crippen LogP contribution in [0.25, 0.3) is 10.9 Å². The zero-order valence-electron chi connectivity index (χ0n) is 16.4. The van der Waals surface area contributed by atoms with Crippen LogP contribution in [0.5, 0.6) is 28.7 Å². The Labute approximate surface area is 168 Å². The van der Waals surface area contributed by atoms with Crippen LogP contribution in [0.4, 0.5) is 4.39 Å². The number of aromatic nitrogens is 1. The third kappa shape index (κ3) is 4.05. The minimum Gasteiger partial charge on any atom is -0.489 e. The van der Waals surface area contributed by atoms with Gasteiger partial charge >= 0.3 is 0 Å². The largest absolute Gasteiger partial charge is 0.489 e. The number of benzene rings is 2. The first-order valence-corrected chi connectivity index (χ1v) is 9.44. The third-order valence-electron chi connectivity index (χ3n) is 4.50. The molecule has 1 aliphatic rings. The van der Waals surface area contributed by atoms with Crippen LogP contribution in [-0.4, -0.2) is 38.5 Å². The van der Waals surface area contributed by atoms with Crippen LogP contribution < -0.4 is 18.9 Å². The van der Waals surface area contributed by atoms with Crippen molar-refractivity contribution in [1.29, 1.82) is 0 Å². The lowest BCUT2D eigenvalue weighted by Gasteiger charge is -2.23. The van der Waals surface area contributed by atoms with E-state index in [4.69, 9.17) is 23.7 Å². The summed E-state index contributed by atoms with van der Waals surface area (Å²) < 4.78 is 42.9. The molecule has 0 bridgehead atoms. The number of halogens is 1. The molecule has 0 atom stereocenters. The maximum atomic E-state index is 14.3. The van der Waals surface area contributed by atoms with Crippen molar-refractivity contribution in [3.05, 3.63) is 47.9 Å². The number of fused-ring (bicyclic) bond motifs is 3. The van der Waals surface area contributed by atoms with Crippen LogP contribution in [0.3, 0.4) is 0 Å². The molecule has 0 saturated carbocycles. The number of ether oxygens (including phenoxy) is 5. The number of hydrogen-bond donors (Lipinski definition) is 0. The van der Waals surface area contributed by atoms with Crippen molar-refractivity contribution in [3.63, 3.8) is 0 Å². The van der Waals surface area contributed by atoms with E-state index in [2.05, 4.69) is 4.98 Å². The average Bonchev–Trinajstić information content (AvgIpc) is 2.73. The third-order valence-corrected chi connectivity index (χ3v) is 4.50. The van der Waals surface area contributed by atoms with Gasteiger partial charge in [-0.1, -0.05) is 6.07 Å². The second kappa shape index (κ2) is 8.53. The highest BCUT2D eigenvalue weighted by atomic mass is 19.1. The summed E-state index contributed by atoms with van der Waals surface area (Å²) in [5, 5.41) is 0.617. The molecule has 0 fully saturated rings. The van der Waals surface area contributed by atoms with Crippen LogP contribution in [0, 0.1) is 12.7 Å². The van der Waals surface area contributed by atoms with Gasteiger partial charge in [-0.25, -0.2) is 4.39 Å². The molecule has 1 aromatic heterocycles. The van der Waals surface area contributed by atoms with E-state index in [9.17, 15) is 4.39 Å². The van der Waals surface area contributed by atoms with Gasteiger partial charge in [0.2, 0.25) is 5.75 Å². The average molecular weight is 399 g/mol. The van der Waals surface area contributed by atoms with Gasteiger partial charge in [-0.15, -0.1) is 0 Å². The predicted molar refractivity (Wildman–Crippen MR) is 106 cm³/mol. The summed E-state index contributed by atoms with van der Waals surface area (Å²) in [7, 11) is 1.65. The van der Waals surface area contributed by atoms with Crippen molar-refractivity contribution in [2.24, 2.45) is 0 Å². The van der Waals surface area contributed by atoms with Gasteiger partial charge in [-0.05, 0) is 30.7 Å². The Kier molecular flexibility index (Phi) is 5.67. The molecule has 4 rings (SSSR count). The Balaban J connectivity index is 1.75. The minimum atomic E-state index is -0.431. The molecule has 0 aliphatic carbocycles. The van der Waals surface area contributed by atoms with E-state index in [-0.39, 0.29) is 5.75 Å². The van der Waals surface area contributed by atoms with Crippen molar-refractivity contribution in [3.8, 4) is 28.7 Å². The molecule has 0 radical (unpaired) electrons. The molecule has 2 heterocycles. The van der Waals surface area contributed by atoms with Crippen LogP contribution >= 0.6 is 0 Å². The van der Waals surface area contributed by atoms with Crippen molar-refractivity contribution >= 4 is 10.9 Å². The summed E-state index contributed by atoms with van der Waals surface area (Å²) in [6.07, 6.45) is 2.35. The maximum absolute atomic E-state index is 14.3. The van der Waals surface area contributed by atoms with Crippen molar-refractivity contribution < 1.29 is 28.1 Å². The first-order valence-electron chi connectivity index (χ1n) is 9.44. The SMILES string of the molecule is COCCCOc1cc2nccc(Oc3ccc(C)cc3F)c2c2c1OCCO2. The van der Waals surface area contributed by atoms with Crippen molar-refractivity contribution in [2.75, 3.05) is 33.5 Å². The summed E-state index contributed by atoms with van der Waals surface area (Å²) in [5.41, 5.74) is 1.43. The number of aryl methyl sites for hydroxylation is 1. The van der Waals surface area contributed by atoms with E-state index in [0.717, 1.165) is 12.0 Å². The first kappa shape index (κ1) is 19.3. The Morgan fingerprint density at radius 2 is 1.83 bits per heavy atom. The normalized spacial score (nSPS) is 12.8. The van der Waals surface area contributed by atoms with Gasteiger partial charge in [0.1, 0.15) is 19.0 Å². The molecule has 0 N–H and O–H groups in total. The van der Waals surface area contributed by atoms with Crippen LogP contribution in [0.15, 0.2) is 36.5 Å². The topological polar surface area (TPSA) is 59.0 Å². The van der Waals surface area contributed by atoms with Gasteiger partial charge in [0.15, 0.2) is 23.1 Å². The van der Waals surface area contributed by atoms with Gasteiger partial charge in [0.05, 0.1) is 17.5 Å². The number of rotatable bonds is 7. The standard InChI is InChI=1S/C22H22FNO5/c1-14-4-5-17(15(23)12-14)29-18-6-7-24-16-13-19(26-9-3-8-25-2)21-22(20(16)18)28-11-10-27-21/h4-7,12-13H,3,8-11H2,1-2H3. The molecule has 7 heteroatoms. The molecule has 152 valence electrons. The summed E-state index contributed by atoms with van der Waals surface area (Å²) in [5.74, 6) is 1.68. The molecule has 0 amide bonds. The van der Waals surface area contributed by atoms with Gasteiger partial charge < -0.3 is 23.7 Å². The van der Waals surface area contributed by atoms with E-state index in [1.807, 2.05) is 6.92 Å². The minimum absolute atomic E-state index is 0.133. The summed E-state index contributed by atoms with van der Waals surface area (Å²) in [6.45, 7) is 3.70. The Hall–Kier alpha value is -3.06. The second-order valence-corrected chi connectivity index (χ2v) is 6.66. The molecular formula is C22H22FNO5. The molecule has 6 nitrogen and oxygen atoms in total. The van der Waals surface area contributed by atoms with Crippen molar-refractivity contribution in [2.45, 2.75) is 13.3 Å². The van der Waals surface area contributed by atoms with E-state index in [1.165, 1.54) is 6.07 Å². The Morgan fingerprint density at radius 3 is 2.62 bits per heavy atom. The smallest absolute Gasteiger partial charge is 0.204 e. The van der Waals surface area contributed by atoms with Crippen LogP contribution in [0.2, 0.25) is 0 Å². The molecule has 29 heavy (non-hydrogen) atoms. The molecule has 1 aliphatic heterocycles. The van der Waals surface area contributed by atoms with E-state index in [1.54, 1.807) is 37.6 Å². The van der Waals surface area contributed by atoms with E-state index >= 15 is 0 Å². The Bertz CT molecular complexity index is 1020. The number of nitrogens with zero attached hydrogens (tertiary/aromatic N) is 1. The predicted octanol–water partition coefficient (Wildman–Crippen LogP) is 4.66. The lowest BCUT2D eigenvalue weighted by Crippen LogP contribution is -2.17. The van der Waals surface area contributed by atoms with Gasteiger partial charge in [0, 0.05) is 32.4 Å². The lowest BCUT2D eigenvalue weighted by atomic mass is 10.1. The van der Waals surface area contributed by atoms with Gasteiger partial charge in [0.25, 0.3) is 0 Å². The van der Waals surface area contributed by atoms with Crippen LogP contribution in [0.1, 0.15) is 12.0 Å². The van der Waals surface area contributed by atoms with E-state index in [0.29, 0.717) is 60.3 Å². The fourth-order valence-electron chi connectivity index (χ4n) is 3.16. The van der Waals surface area contributed by atoms with Gasteiger partial charge in [-0.2, -0.15) is 0 Å². The molecular weight excluding hydrogens is 377 g/mol. The molecule has 0 saturated heterocycles. The molecule has 0 spiro atoms.